The minimum absolute atomic E-state index is 0.0706. The Bertz CT molecular complexity index is 476. The Hall–Kier alpha value is -0.580. The van der Waals surface area contributed by atoms with Crippen molar-refractivity contribution in [2.24, 2.45) is 11.7 Å². The molecule has 1 fully saturated rings. The van der Waals surface area contributed by atoms with Crippen molar-refractivity contribution in [2.75, 3.05) is 13.7 Å². The van der Waals surface area contributed by atoms with Gasteiger partial charge in [0.25, 0.3) is 0 Å². The quantitative estimate of drug-likeness (QED) is 0.924. The predicted molar refractivity (Wildman–Crippen MR) is 80.6 cm³/mol. The monoisotopic (exact) mass is 327 g/mol. The maximum atomic E-state index is 6.48. The van der Waals surface area contributed by atoms with Gasteiger partial charge >= 0.3 is 0 Å². The Kier molecular flexibility index (Phi) is 4.54. The second-order valence-corrected chi connectivity index (χ2v) is 6.23. The molecular weight excluding hydrogens is 306 g/mol. The Labute approximate surface area is 123 Å². The molecule has 0 aliphatic carbocycles. The third-order valence-corrected chi connectivity index (χ3v) is 4.87. The van der Waals surface area contributed by atoms with Gasteiger partial charge in [-0.15, -0.1) is 0 Å². The first-order valence-electron chi connectivity index (χ1n) is 6.68. The van der Waals surface area contributed by atoms with Crippen LogP contribution in [0.2, 0.25) is 0 Å². The Balaban J connectivity index is 2.48. The highest BCUT2D eigenvalue weighted by Crippen LogP contribution is 2.40. The SMILES string of the molecule is COc1c(C)cc(Br)c(C)c1C(N)C1OCCC1C. The van der Waals surface area contributed by atoms with Crippen LogP contribution in [0.3, 0.4) is 0 Å². The van der Waals surface area contributed by atoms with Gasteiger partial charge in [0.15, 0.2) is 0 Å². The smallest absolute Gasteiger partial charge is 0.126 e. The largest absolute Gasteiger partial charge is 0.496 e. The molecule has 1 aliphatic rings. The molecule has 3 nitrogen and oxygen atoms in total. The van der Waals surface area contributed by atoms with E-state index in [2.05, 4.69) is 35.8 Å². The number of methoxy groups -OCH3 is 1. The molecule has 2 N–H and O–H groups in total. The molecule has 0 bridgehead atoms. The van der Waals surface area contributed by atoms with Crippen LogP contribution >= 0.6 is 15.9 Å². The summed E-state index contributed by atoms with van der Waals surface area (Å²) < 4.78 is 12.5. The van der Waals surface area contributed by atoms with Crippen LogP contribution in [0.4, 0.5) is 0 Å². The molecule has 2 rings (SSSR count). The van der Waals surface area contributed by atoms with Crippen LogP contribution in [0.25, 0.3) is 0 Å². The first-order chi connectivity index (χ1) is 8.97. The molecule has 1 aliphatic heterocycles. The molecular formula is C15H22BrNO2. The topological polar surface area (TPSA) is 44.5 Å². The zero-order valence-electron chi connectivity index (χ0n) is 12.0. The Morgan fingerprint density at radius 2 is 2.16 bits per heavy atom. The molecule has 106 valence electrons. The minimum atomic E-state index is -0.149. The summed E-state index contributed by atoms with van der Waals surface area (Å²) in [6.07, 6.45) is 1.15. The molecule has 0 amide bonds. The number of nitrogens with two attached hydrogens (primary N) is 1. The van der Waals surface area contributed by atoms with Gasteiger partial charge in [0.1, 0.15) is 5.75 Å². The average molecular weight is 328 g/mol. The van der Waals surface area contributed by atoms with E-state index in [0.29, 0.717) is 5.92 Å². The number of aryl methyl sites for hydroxylation is 1. The summed E-state index contributed by atoms with van der Waals surface area (Å²) in [5.41, 5.74) is 9.77. The first kappa shape index (κ1) is 14.8. The highest BCUT2D eigenvalue weighted by molar-refractivity contribution is 9.10. The van der Waals surface area contributed by atoms with Crippen LogP contribution in [0.5, 0.6) is 5.75 Å². The molecule has 0 spiro atoms. The van der Waals surface area contributed by atoms with Crippen LogP contribution in [0.1, 0.15) is 36.1 Å². The van der Waals surface area contributed by atoms with Crippen molar-refractivity contribution in [3.63, 3.8) is 0 Å². The van der Waals surface area contributed by atoms with Crippen molar-refractivity contribution >= 4 is 15.9 Å². The maximum Gasteiger partial charge on any atom is 0.126 e. The van der Waals surface area contributed by atoms with Gasteiger partial charge in [-0.1, -0.05) is 22.9 Å². The van der Waals surface area contributed by atoms with Gasteiger partial charge < -0.3 is 15.2 Å². The van der Waals surface area contributed by atoms with Crippen LogP contribution in [-0.4, -0.2) is 19.8 Å². The second-order valence-electron chi connectivity index (χ2n) is 5.37. The molecule has 1 heterocycles. The van der Waals surface area contributed by atoms with Crippen LogP contribution < -0.4 is 10.5 Å². The molecule has 1 saturated heterocycles. The van der Waals surface area contributed by atoms with E-state index in [-0.39, 0.29) is 12.1 Å². The molecule has 0 aromatic heterocycles. The lowest BCUT2D eigenvalue weighted by Crippen LogP contribution is -2.31. The number of benzene rings is 1. The van der Waals surface area contributed by atoms with Crippen molar-refractivity contribution in [2.45, 2.75) is 39.3 Å². The Morgan fingerprint density at radius 1 is 1.47 bits per heavy atom. The van der Waals surface area contributed by atoms with Gasteiger partial charge in [-0.05, 0) is 43.4 Å². The maximum absolute atomic E-state index is 6.48. The first-order valence-corrected chi connectivity index (χ1v) is 7.47. The van der Waals surface area contributed by atoms with E-state index in [1.165, 1.54) is 0 Å². The van der Waals surface area contributed by atoms with Gasteiger partial charge in [0.2, 0.25) is 0 Å². The molecule has 0 saturated carbocycles. The molecule has 1 aromatic carbocycles. The molecule has 0 radical (unpaired) electrons. The Morgan fingerprint density at radius 3 is 2.68 bits per heavy atom. The summed E-state index contributed by atoms with van der Waals surface area (Å²) >= 11 is 3.60. The number of hydrogen-bond donors (Lipinski definition) is 1. The molecule has 3 atom stereocenters. The van der Waals surface area contributed by atoms with E-state index in [9.17, 15) is 0 Å². The summed E-state index contributed by atoms with van der Waals surface area (Å²) in [6, 6.07) is 1.92. The fourth-order valence-corrected chi connectivity index (χ4v) is 3.44. The van der Waals surface area contributed by atoms with Crippen LogP contribution in [-0.2, 0) is 4.74 Å². The van der Waals surface area contributed by atoms with Crippen molar-refractivity contribution < 1.29 is 9.47 Å². The van der Waals surface area contributed by atoms with Crippen LogP contribution in [0, 0.1) is 19.8 Å². The number of ether oxygens (including phenoxy) is 2. The van der Waals surface area contributed by atoms with Gasteiger partial charge in [-0.25, -0.2) is 0 Å². The summed E-state index contributed by atoms with van der Waals surface area (Å²) in [4.78, 5) is 0. The molecule has 19 heavy (non-hydrogen) atoms. The lowest BCUT2D eigenvalue weighted by atomic mass is 9.89. The summed E-state index contributed by atoms with van der Waals surface area (Å²) in [5, 5.41) is 0. The van der Waals surface area contributed by atoms with E-state index in [4.69, 9.17) is 15.2 Å². The molecule has 3 unspecified atom stereocenters. The van der Waals surface area contributed by atoms with Gasteiger partial charge in [0.05, 0.1) is 19.3 Å². The summed E-state index contributed by atoms with van der Waals surface area (Å²) in [5.74, 6) is 1.37. The zero-order valence-corrected chi connectivity index (χ0v) is 13.6. The highest BCUT2D eigenvalue weighted by Gasteiger charge is 2.33. The van der Waals surface area contributed by atoms with Crippen molar-refractivity contribution in [1.29, 1.82) is 0 Å². The lowest BCUT2D eigenvalue weighted by molar-refractivity contribution is 0.0715. The van der Waals surface area contributed by atoms with Crippen molar-refractivity contribution in [3.05, 3.63) is 27.2 Å². The third-order valence-electron chi connectivity index (χ3n) is 4.04. The van der Waals surface area contributed by atoms with E-state index >= 15 is 0 Å². The fraction of sp³-hybridized carbons (Fsp3) is 0.600. The van der Waals surface area contributed by atoms with E-state index in [1.807, 2.05) is 6.92 Å². The second kappa shape index (κ2) is 5.81. The minimum Gasteiger partial charge on any atom is -0.496 e. The standard InChI is InChI=1S/C15H22BrNO2/c1-8-5-6-19-15(8)13(17)12-10(3)11(16)7-9(2)14(12)18-4/h7-8,13,15H,5-6,17H2,1-4H3. The average Bonchev–Trinajstić information content (AvgIpc) is 2.79. The van der Waals surface area contributed by atoms with E-state index < -0.39 is 0 Å². The number of hydrogen-bond acceptors (Lipinski definition) is 3. The highest BCUT2D eigenvalue weighted by atomic mass is 79.9. The van der Waals surface area contributed by atoms with E-state index in [0.717, 1.165) is 39.9 Å². The zero-order chi connectivity index (χ0) is 14.2. The van der Waals surface area contributed by atoms with Crippen molar-refractivity contribution in [1.82, 2.24) is 0 Å². The fourth-order valence-electron chi connectivity index (χ4n) is 2.89. The van der Waals surface area contributed by atoms with Crippen molar-refractivity contribution in [3.8, 4) is 5.75 Å². The summed E-state index contributed by atoms with van der Waals surface area (Å²) in [6.45, 7) is 7.11. The third kappa shape index (κ3) is 2.67. The number of rotatable bonds is 3. The molecule has 1 aromatic rings. The van der Waals surface area contributed by atoms with Gasteiger partial charge in [-0.2, -0.15) is 0 Å². The summed E-state index contributed by atoms with van der Waals surface area (Å²) in [7, 11) is 1.70. The molecule has 4 heteroatoms. The lowest BCUT2D eigenvalue weighted by Gasteiger charge is -2.27. The van der Waals surface area contributed by atoms with E-state index in [1.54, 1.807) is 7.11 Å². The number of halogens is 1. The van der Waals surface area contributed by atoms with Gasteiger partial charge in [-0.3, -0.25) is 0 Å². The van der Waals surface area contributed by atoms with Gasteiger partial charge in [0, 0.05) is 16.6 Å². The normalized spacial score (nSPS) is 24.5. The van der Waals surface area contributed by atoms with Crippen LogP contribution in [0.15, 0.2) is 10.5 Å². The predicted octanol–water partition coefficient (Wildman–Crippen LogP) is 3.50.